The lowest BCUT2D eigenvalue weighted by atomic mass is 10.3. The minimum absolute atomic E-state index is 0.960. The van der Waals surface area contributed by atoms with E-state index in [0.717, 1.165) is 36.3 Å². The van der Waals surface area contributed by atoms with Crippen LogP contribution in [0.15, 0.2) is 70.6 Å². The van der Waals surface area contributed by atoms with E-state index in [2.05, 4.69) is 16.5 Å². The van der Waals surface area contributed by atoms with Crippen molar-refractivity contribution in [1.29, 1.82) is 0 Å². The van der Waals surface area contributed by atoms with E-state index in [9.17, 15) is 0 Å². The molecule has 0 saturated carbocycles. The summed E-state index contributed by atoms with van der Waals surface area (Å²) < 4.78 is 5.86. The molecular weight excluding hydrogens is 312 g/mol. The van der Waals surface area contributed by atoms with E-state index in [0.29, 0.717) is 0 Å². The van der Waals surface area contributed by atoms with Crippen LogP contribution in [0.5, 0.6) is 0 Å². The van der Waals surface area contributed by atoms with Gasteiger partial charge in [-0.05, 0) is 55.7 Å². The molecule has 2 aromatic carbocycles. The fraction of sp³-hybridized carbons (Fsp3) is 0.300. The number of benzene rings is 2. The molecule has 126 valence electrons. The maximum Gasteiger partial charge on any atom is 0.189 e. The van der Waals surface area contributed by atoms with E-state index in [1.165, 1.54) is 0 Å². The third-order valence-electron chi connectivity index (χ3n) is 4.09. The molecule has 0 aliphatic carbocycles. The first-order chi connectivity index (χ1) is 11.7. The lowest BCUT2D eigenvalue weighted by Gasteiger charge is -2.23. The lowest BCUT2D eigenvalue weighted by Crippen LogP contribution is -2.32. The first kappa shape index (κ1) is 18.3. The zero-order chi connectivity index (χ0) is 17.1. The lowest BCUT2D eigenvalue weighted by molar-refractivity contribution is 0.397. The van der Waals surface area contributed by atoms with Gasteiger partial charge in [0.25, 0.3) is 0 Å². The molecule has 24 heavy (non-hydrogen) atoms. The van der Waals surface area contributed by atoms with Crippen LogP contribution < -0.4 is 0 Å². The van der Waals surface area contributed by atoms with Gasteiger partial charge in [-0.25, -0.2) is 0 Å². The van der Waals surface area contributed by atoms with Crippen LogP contribution in [0, 0.1) is 0 Å². The maximum atomic E-state index is 5.86. The van der Waals surface area contributed by atoms with Gasteiger partial charge in [0.05, 0.1) is 11.4 Å². The van der Waals surface area contributed by atoms with Crippen molar-refractivity contribution in [3.63, 3.8) is 0 Å². The van der Waals surface area contributed by atoms with Gasteiger partial charge in [0.2, 0.25) is 0 Å². The molecule has 4 heteroatoms. The van der Waals surface area contributed by atoms with Crippen LogP contribution in [0.25, 0.3) is 0 Å². The molecule has 0 spiro atoms. The van der Waals surface area contributed by atoms with Crippen molar-refractivity contribution in [3.05, 3.63) is 60.7 Å². The van der Waals surface area contributed by atoms with E-state index >= 15 is 0 Å². The number of hydrogen-bond donors (Lipinski definition) is 0. The normalized spacial score (nSPS) is 14.2. The van der Waals surface area contributed by atoms with Gasteiger partial charge in [0, 0.05) is 19.5 Å². The number of rotatable bonds is 9. The monoisotopic (exact) mass is 338 g/mol. The standard InChI is InChI=1S/C20H26N2OSi/c1-23-24(2,17-9-15-21-19-11-5-3-6-12-19)18-10-16-22-20-13-7-4-8-14-20/h3-8,11-16H,9-10,17-18H2,1-2H3. The van der Waals surface area contributed by atoms with Crippen molar-refractivity contribution in [1.82, 2.24) is 0 Å². The largest absolute Gasteiger partial charge is 0.420 e. The van der Waals surface area contributed by atoms with Gasteiger partial charge in [-0.3, -0.25) is 9.98 Å². The molecule has 0 N–H and O–H groups in total. The summed E-state index contributed by atoms with van der Waals surface area (Å²) in [6.07, 6.45) is 5.94. The molecule has 2 aromatic rings. The molecule has 0 aliphatic rings. The van der Waals surface area contributed by atoms with Crippen molar-refractivity contribution in [2.45, 2.75) is 31.5 Å². The van der Waals surface area contributed by atoms with Crippen LogP contribution in [0.3, 0.4) is 0 Å². The summed E-state index contributed by atoms with van der Waals surface area (Å²) in [5.41, 5.74) is 2.02. The Kier molecular flexibility index (Phi) is 7.59. The summed E-state index contributed by atoms with van der Waals surface area (Å²) >= 11 is 0. The van der Waals surface area contributed by atoms with Crippen molar-refractivity contribution in [2.24, 2.45) is 9.98 Å². The van der Waals surface area contributed by atoms with Crippen LogP contribution in [-0.2, 0) is 4.43 Å². The number of aliphatic imine (C=N–C) groups is 2. The van der Waals surface area contributed by atoms with Gasteiger partial charge in [-0.1, -0.05) is 36.4 Å². The maximum absolute atomic E-state index is 5.86. The fourth-order valence-corrected chi connectivity index (χ4v) is 4.57. The smallest absolute Gasteiger partial charge is 0.189 e. The Labute approximate surface area is 146 Å². The Hall–Kier alpha value is -2.04. The minimum Gasteiger partial charge on any atom is -0.420 e. The van der Waals surface area contributed by atoms with E-state index in [-0.39, 0.29) is 0 Å². The predicted octanol–water partition coefficient (Wildman–Crippen LogP) is 5.79. The molecule has 3 nitrogen and oxygen atoms in total. The van der Waals surface area contributed by atoms with Gasteiger partial charge < -0.3 is 4.43 Å². The average Bonchev–Trinajstić information content (AvgIpc) is 2.64. The van der Waals surface area contributed by atoms with Gasteiger partial charge in [-0.15, -0.1) is 0 Å². The number of hydrogen-bond acceptors (Lipinski definition) is 3. The summed E-state index contributed by atoms with van der Waals surface area (Å²) in [5, 5.41) is 0. The molecule has 0 bridgehead atoms. The third-order valence-corrected chi connectivity index (χ3v) is 7.77. The van der Waals surface area contributed by atoms with E-state index in [1.54, 1.807) is 0 Å². The molecule has 0 radical (unpaired) electrons. The highest BCUT2D eigenvalue weighted by Crippen LogP contribution is 2.20. The predicted molar refractivity (Wildman–Crippen MR) is 107 cm³/mol. The zero-order valence-corrected chi connectivity index (χ0v) is 15.6. The zero-order valence-electron chi connectivity index (χ0n) is 14.6. The summed E-state index contributed by atoms with van der Waals surface area (Å²) in [7, 11) is 0.160. The third kappa shape index (κ3) is 6.60. The highest BCUT2D eigenvalue weighted by atomic mass is 28.4. The first-order valence-corrected chi connectivity index (χ1v) is 11.2. The van der Waals surface area contributed by atoms with Crippen LogP contribution >= 0.6 is 0 Å². The van der Waals surface area contributed by atoms with Crippen molar-refractivity contribution < 1.29 is 4.43 Å². The second-order valence-electron chi connectivity index (χ2n) is 6.03. The van der Waals surface area contributed by atoms with E-state index < -0.39 is 8.32 Å². The van der Waals surface area contributed by atoms with Gasteiger partial charge >= 0.3 is 0 Å². The highest BCUT2D eigenvalue weighted by Gasteiger charge is 2.25. The number of nitrogens with zero attached hydrogens (tertiary/aromatic N) is 2. The topological polar surface area (TPSA) is 34.0 Å². The Morgan fingerprint density at radius 1 is 0.792 bits per heavy atom. The summed E-state index contributed by atoms with van der Waals surface area (Å²) in [6.45, 7) is 2.29. The minimum atomic E-state index is -1.68. The SMILES string of the molecule is CO[Si](C)(CCC=Nc1ccccc1)CCC=Nc1ccccc1. The van der Waals surface area contributed by atoms with Crippen LogP contribution in [0.4, 0.5) is 11.4 Å². The van der Waals surface area contributed by atoms with Crippen molar-refractivity contribution in [2.75, 3.05) is 7.11 Å². The molecule has 0 aromatic heterocycles. The Bertz CT molecular complexity index is 588. The van der Waals surface area contributed by atoms with Gasteiger partial charge in [0.1, 0.15) is 0 Å². The van der Waals surface area contributed by atoms with Crippen LogP contribution in [0.2, 0.25) is 18.6 Å². The second-order valence-corrected chi connectivity index (χ2v) is 10.3. The second kappa shape index (κ2) is 9.95. The highest BCUT2D eigenvalue weighted by molar-refractivity contribution is 6.72. The molecule has 0 saturated heterocycles. The summed E-state index contributed by atoms with van der Waals surface area (Å²) in [5.74, 6) is 0. The van der Waals surface area contributed by atoms with Crippen LogP contribution in [0.1, 0.15) is 12.8 Å². The molecule has 2 rings (SSSR count). The van der Waals surface area contributed by atoms with E-state index in [1.807, 2.05) is 80.2 Å². The molecule has 0 atom stereocenters. The molecular formula is C20H26N2OSi. The Morgan fingerprint density at radius 3 is 1.58 bits per heavy atom. The van der Waals surface area contributed by atoms with Crippen LogP contribution in [-0.4, -0.2) is 27.9 Å². The molecule has 0 aliphatic heterocycles. The molecule has 0 unspecified atom stereocenters. The number of para-hydroxylation sites is 2. The first-order valence-electron chi connectivity index (χ1n) is 8.42. The summed E-state index contributed by atoms with van der Waals surface area (Å²) in [6, 6.07) is 22.3. The van der Waals surface area contributed by atoms with E-state index in [4.69, 9.17) is 4.43 Å². The molecule has 0 heterocycles. The quantitative estimate of drug-likeness (QED) is 0.420. The fourth-order valence-electron chi connectivity index (χ4n) is 2.44. The van der Waals surface area contributed by atoms with Crippen molar-refractivity contribution in [3.8, 4) is 0 Å². The van der Waals surface area contributed by atoms with Gasteiger partial charge in [-0.2, -0.15) is 0 Å². The molecule has 0 fully saturated rings. The van der Waals surface area contributed by atoms with Crippen molar-refractivity contribution >= 4 is 32.1 Å². The summed E-state index contributed by atoms with van der Waals surface area (Å²) in [4.78, 5) is 8.99. The van der Waals surface area contributed by atoms with Gasteiger partial charge in [0.15, 0.2) is 8.32 Å². The Balaban J connectivity index is 1.76. The molecule has 0 amide bonds. The average molecular weight is 339 g/mol. The Morgan fingerprint density at radius 2 is 1.21 bits per heavy atom.